The van der Waals surface area contributed by atoms with Gasteiger partial charge in [0.2, 0.25) is 5.91 Å². The Morgan fingerprint density at radius 2 is 2.18 bits per heavy atom. The van der Waals surface area contributed by atoms with E-state index in [1.54, 1.807) is 12.3 Å². The van der Waals surface area contributed by atoms with Gasteiger partial charge in [0.25, 0.3) is 0 Å². The Morgan fingerprint density at radius 1 is 1.45 bits per heavy atom. The lowest BCUT2D eigenvalue weighted by Crippen LogP contribution is -2.48. The van der Waals surface area contributed by atoms with Crippen LogP contribution in [0.5, 0.6) is 0 Å². The molecule has 22 heavy (non-hydrogen) atoms. The van der Waals surface area contributed by atoms with Gasteiger partial charge in [-0.3, -0.25) is 4.79 Å². The number of hydrogen-bond donors (Lipinski definition) is 1. The third-order valence-electron chi connectivity index (χ3n) is 4.10. The number of piperidine rings is 1. The van der Waals surface area contributed by atoms with Crippen LogP contribution in [-0.4, -0.2) is 43.6 Å². The number of likely N-dealkylation sites (tertiary alicyclic amines) is 1. The van der Waals surface area contributed by atoms with Crippen molar-refractivity contribution in [2.24, 2.45) is 0 Å². The largest absolute Gasteiger partial charge is 0.337 e. The molecule has 1 aliphatic heterocycles. The molecular formula is C15H19ClN4OS. The van der Waals surface area contributed by atoms with Gasteiger partial charge in [0.1, 0.15) is 0 Å². The van der Waals surface area contributed by atoms with Gasteiger partial charge in [0.15, 0.2) is 10.8 Å². The summed E-state index contributed by atoms with van der Waals surface area (Å²) < 4.78 is 0. The van der Waals surface area contributed by atoms with E-state index in [0.717, 1.165) is 18.4 Å². The maximum atomic E-state index is 12.5. The van der Waals surface area contributed by atoms with E-state index < -0.39 is 0 Å². The number of carbonyl (C=O) groups excluding carboxylic acids is 1. The minimum Gasteiger partial charge on any atom is -0.337 e. The molecule has 1 aliphatic rings. The topological polar surface area (TPSA) is 61.9 Å². The molecule has 2 aromatic rings. The summed E-state index contributed by atoms with van der Waals surface area (Å²) >= 11 is 7.33. The van der Waals surface area contributed by atoms with Crippen molar-refractivity contribution in [2.45, 2.75) is 50.4 Å². The van der Waals surface area contributed by atoms with Crippen LogP contribution in [0.2, 0.25) is 5.02 Å². The second kappa shape index (κ2) is 6.46. The molecule has 7 heteroatoms. The zero-order valence-corrected chi connectivity index (χ0v) is 14.2. The molecule has 0 radical (unpaired) electrons. The number of nitrogens with one attached hydrogen (secondary N) is 1. The molecule has 0 unspecified atom stereocenters. The highest BCUT2D eigenvalue weighted by molar-refractivity contribution is 7.99. The van der Waals surface area contributed by atoms with Crippen molar-refractivity contribution in [3.05, 3.63) is 17.3 Å². The maximum Gasteiger partial charge on any atom is 0.233 e. The fourth-order valence-electron chi connectivity index (χ4n) is 3.04. The molecule has 0 spiro atoms. The normalized spacial score (nSPS) is 22.2. The number of rotatable bonds is 3. The van der Waals surface area contributed by atoms with Crippen molar-refractivity contribution in [2.75, 3.05) is 5.75 Å². The Morgan fingerprint density at radius 3 is 2.91 bits per heavy atom. The van der Waals surface area contributed by atoms with E-state index in [0.29, 0.717) is 33.7 Å². The van der Waals surface area contributed by atoms with E-state index in [9.17, 15) is 4.79 Å². The second-order valence-electron chi connectivity index (χ2n) is 5.79. The highest BCUT2D eigenvalue weighted by atomic mass is 35.5. The summed E-state index contributed by atoms with van der Waals surface area (Å²) in [5.74, 6) is 0.568. The van der Waals surface area contributed by atoms with E-state index in [2.05, 4.69) is 28.8 Å². The number of carbonyl (C=O) groups is 1. The van der Waals surface area contributed by atoms with Crippen molar-refractivity contribution in [3.63, 3.8) is 0 Å². The molecule has 0 aromatic carbocycles. The zero-order chi connectivity index (χ0) is 15.7. The number of amides is 1. The fraction of sp³-hybridized carbons (Fsp3) is 0.533. The first-order chi connectivity index (χ1) is 10.5. The number of halogens is 1. The number of aromatic nitrogens is 3. The summed E-state index contributed by atoms with van der Waals surface area (Å²) in [6.45, 7) is 4.26. The van der Waals surface area contributed by atoms with E-state index >= 15 is 0 Å². The minimum absolute atomic E-state index is 0.177. The number of pyridine rings is 1. The van der Waals surface area contributed by atoms with Crippen LogP contribution >= 0.6 is 23.4 Å². The Hall–Kier alpha value is -1.27. The van der Waals surface area contributed by atoms with Gasteiger partial charge in [0, 0.05) is 18.3 Å². The summed E-state index contributed by atoms with van der Waals surface area (Å²) in [6.07, 6.45) is 4.96. The van der Waals surface area contributed by atoms with E-state index in [1.807, 2.05) is 4.90 Å². The van der Waals surface area contributed by atoms with E-state index in [1.165, 1.54) is 18.2 Å². The molecule has 118 valence electrons. The molecule has 1 N–H and O–H groups in total. The van der Waals surface area contributed by atoms with Gasteiger partial charge < -0.3 is 9.88 Å². The van der Waals surface area contributed by atoms with Crippen molar-refractivity contribution < 1.29 is 4.79 Å². The van der Waals surface area contributed by atoms with Crippen LogP contribution in [0.15, 0.2) is 17.4 Å². The van der Waals surface area contributed by atoms with Crippen LogP contribution in [0.3, 0.4) is 0 Å². The molecular weight excluding hydrogens is 320 g/mol. The Kier molecular flexibility index (Phi) is 4.59. The standard InChI is InChI=1S/C15H19ClN4OS/c1-9-4-3-5-10(2)20(9)13(21)8-22-15-18-12-6-11(16)7-17-14(12)19-15/h6-7,9-10H,3-5,8H2,1-2H3,(H,17,18,19)/t9-,10-/m1/s1. The van der Waals surface area contributed by atoms with Crippen LogP contribution in [0.25, 0.3) is 11.2 Å². The van der Waals surface area contributed by atoms with Gasteiger partial charge in [-0.25, -0.2) is 9.97 Å². The quantitative estimate of drug-likeness (QED) is 0.870. The molecule has 1 fully saturated rings. The Labute approximate surface area is 138 Å². The lowest BCUT2D eigenvalue weighted by Gasteiger charge is -2.39. The summed E-state index contributed by atoms with van der Waals surface area (Å²) in [5, 5.41) is 1.27. The first-order valence-corrected chi connectivity index (χ1v) is 8.86. The monoisotopic (exact) mass is 338 g/mol. The molecule has 2 aromatic heterocycles. The van der Waals surface area contributed by atoms with Crippen LogP contribution in [0.4, 0.5) is 0 Å². The highest BCUT2D eigenvalue weighted by Crippen LogP contribution is 2.25. The molecule has 0 bridgehead atoms. The minimum atomic E-state index is 0.177. The average molecular weight is 339 g/mol. The summed E-state index contributed by atoms with van der Waals surface area (Å²) in [5.41, 5.74) is 1.42. The van der Waals surface area contributed by atoms with Crippen LogP contribution < -0.4 is 0 Å². The number of aromatic amines is 1. The Bertz CT molecular complexity index is 679. The van der Waals surface area contributed by atoms with Gasteiger partial charge in [-0.15, -0.1) is 0 Å². The fourth-order valence-corrected chi connectivity index (χ4v) is 3.94. The van der Waals surface area contributed by atoms with Crippen molar-refractivity contribution in [1.29, 1.82) is 0 Å². The van der Waals surface area contributed by atoms with E-state index in [4.69, 9.17) is 11.6 Å². The van der Waals surface area contributed by atoms with E-state index in [-0.39, 0.29) is 5.91 Å². The third kappa shape index (κ3) is 3.22. The molecule has 2 atom stereocenters. The number of H-pyrrole nitrogens is 1. The number of nitrogens with zero attached hydrogens (tertiary/aromatic N) is 3. The van der Waals surface area contributed by atoms with Gasteiger partial charge in [-0.2, -0.15) is 0 Å². The predicted octanol–water partition coefficient (Wildman–Crippen LogP) is 3.49. The highest BCUT2D eigenvalue weighted by Gasteiger charge is 2.28. The van der Waals surface area contributed by atoms with Crippen LogP contribution in [0, 0.1) is 0 Å². The number of thioether (sulfide) groups is 1. The first-order valence-electron chi connectivity index (χ1n) is 7.50. The van der Waals surface area contributed by atoms with Crippen molar-refractivity contribution in [3.8, 4) is 0 Å². The molecule has 1 saturated heterocycles. The summed E-state index contributed by atoms with van der Waals surface area (Å²) in [7, 11) is 0. The number of imidazole rings is 1. The molecule has 1 amide bonds. The molecule has 3 rings (SSSR count). The van der Waals surface area contributed by atoms with Gasteiger partial charge in [-0.05, 0) is 39.2 Å². The third-order valence-corrected chi connectivity index (χ3v) is 5.16. The van der Waals surface area contributed by atoms with Crippen molar-refractivity contribution >= 4 is 40.4 Å². The first kappa shape index (κ1) is 15.6. The summed E-state index contributed by atoms with van der Waals surface area (Å²) in [4.78, 5) is 26.2. The zero-order valence-electron chi connectivity index (χ0n) is 12.7. The smallest absolute Gasteiger partial charge is 0.233 e. The number of hydrogen-bond acceptors (Lipinski definition) is 4. The van der Waals surface area contributed by atoms with Gasteiger partial charge in [-0.1, -0.05) is 23.4 Å². The lowest BCUT2D eigenvalue weighted by atomic mass is 9.98. The number of fused-ring (bicyclic) bond motifs is 1. The van der Waals surface area contributed by atoms with Crippen LogP contribution in [-0.2, 0) is 4.79 Å². The van der Waals surface area contributed by atoms with Gasteiger partial charge in [0.05, 0.1) is 16.3 Å². The molecule has 5 nitrogen and oxygen atoms in total. The Balaban J connectivity index is 1.66. The van der Waals surface area contributed by atoms with Crippen molar-refractivity contribution in [1.82, 2.24) is 19.9 Å². The predicted molar refractivity (Wildman–Crippen MR) is 89.2 cm³/mol. The van der Waals surface area contributed by atoms with Gasteiger partial charge >= 0.3 is 0 Å². The molecule has 0 saturated carbocycles. The molecule has 3 heterocycles. The SMILES string of the molecule is C[C@@H]1CCC[C@@H](C)N1C(=O)CSc1nc2ncc(Cl)cc2[nH]1. The van der Waals surface area contributed by atoms with Crippen LogP contribution in [0.1, 0.15) is 33.1 Å². The maximum absolute atomic E-state index is 12.5. The second-order valence-corrected chi connectivity index (χ2v) is 7.19. The molecule has 0 aliphatic carbocycles. The lowest BCUT2D eigenvalue weighted by molar-refractivity contribution is -0.134. The summed E-state index contributed by atoms with van der Waals surface area (Å²) in [6, 6.07) is 2.44. The average Bonchev–Trinajstić information content (AvgIpc) is 2.87.